The predicted molar refractivity (Wildman–Crippen MR) is 93.5 cm³/mol. The largest absolute Gasteiger partial charge is 0.465 e. The SMILES string of the molecule is COC(=O)c1ccc(C#N)cc1NC(=O)c1ccc(-c2ccnnc2)nn1. The molecule has 1 amide bonds. The van der Waals surface area contributed by atoms with Crippen molar-refractivity contribution in [3.8, 4) is 17.3 Å². The zero-order chi connectivity index (χ0) is 19.2. The number of esters is 1. The minimum absolute atomic E-state index is 0.0407. The standard InChI is InChI=1S/C18H12N6O3/c1-27-18(26)13-3-2-11(9-19)8-16(13)22-17(25)15-5-4-14(23-24-15)12-6-7-20-21-10-12/h2-8,10H,1H3,(H,22,25). The van der Waals surface area contributed by atoms with Gasteiger partial charge in [0.2, 0.25) is 0 Å². The maximum Gasteiger partial charge on any atom is 0.339 e. The first-order chi connectivity index (χ1) is 13.1. The molecule has 1 aromatic carbocycles. The third-order valence-corrected chi connectivity index (χ3v) is 3.58. The van der Waals surface area contributed by atoms with Gasteiger partial charge >= 0.3 is 5.97 Å². The first-order valence-electron chi connectivity index (χ1n) is 7.67. The lowest BCUT2D eigenvalue weighted by Crippen LogP contribution is -2.17. The zero-order valence-electron chi connectivity index (χ0n) is 14.1. The van der Waals surface area contributed by atoms with Gasteiger partial charge in [-0.3, -0.25) is 4.79 Å². The van der Waals surface area contributed by atoms with Crippen LogP contribution in [0.1, 0.15) is 26.4 Å². The van der Waals surface area contributed by atoms with Gasteiger partial charge in [-0.2, -0.15) is 15.5 Å². The number of methoxy groups -OCH3 is 1. The number of nitrogens with zero attached hydrogens (tertiary/aromatic N) is 5. The van der Waals surface area contributed by atoms with Gasteiger partial charge in [-0.1, -0.05) is 0 Å². The Kier molecular flexibility index (Phi) is 5.09. The molecule has 9 heteroatoms. The van der Waals surface area contributed by atoms with Crippen LogP contribution in [-0.2, 0) is 4.74 Å². The van der Waals surface area contributed by atoms with Crippen LogP contribution in [0, 0.1) is 11.3 Å². The molecule has 2 aromatic heterocycles. The van der Waals surface area contributed by atoms with Gasteiger partial charge in [-0.05, 0) is 36.4 Å². The number of hydrogen-bond donors (Lipinski definition) is 1. The topological polar surface area (TPSA) is 131 Å². The van der Waals surface area contributed by atoms with Gasteiger partial charge in [-0.25, -0.2) is 4.79 Å². The quantitative estimate of drug-likeness (QED) is 0.697. The Morgan fingerprint density at radius 2 is 1.96 bits per heavy atom. The second-order valence-corrected chi connectivity index (χ2v) is 5.25. The van der Waals surface area contributed by atoms with E-state index in [4.69, 9.17) is 10.00 Å². The normalized spacial score (nSPS) is 9.93. The Morgan fingerprint density at radius 1 is 1.11 bits per heavy atom. The summed E-state index contributed by atoms with van der Waals surface area (Å²) in [6.07, 6.45) is 3.05. The van der Waals surface area contributed by atoms with E-state index in [0.29, 0.717) is 11.3 Å². The van der Waals surface area contributed by atoms with Gasteiger partial charge in [-0.15, -0.1) is 10.2 Å². The number of nitrogens with one attached hydrogen (secondary N) is 1. The molecule has 27 heavy (non-hydrogen) atoms. The summed E-state index contributed by atoms with van der Waals surface area (Å²) in [5, 5.41) is 26.9. The van der Waals surface area contributed by atoms with E-state index < -0.39 is 11.9 Å². The lowest BCUT2D eigenvalue weighted by atomic mass is 10.1. The van der Waals surface area contributed by atoms with Crippen molar-refractivity contribution in [2.24, 2.45) is 0 Å². The van der Waals surface area contributed by atoms with Gasteiger partial charge in [0, 0.05) is 5.56 Å². The molecular formula is C18H12N6O3. The van der Waals surface area contributed by atoms with Crippen molar-refractivity contribution < 1.29 is 14.3 Å². The maximum atomic E-state index is 12.5. The van der Waals surface area contributed by atoms with Crippen LogP contribution in [0.5, 0.6) is 0 Å². The lowest BCUT2D eigenvalue weighted by molar-refractivity contribution is 0.0602. The fourth-order valence-corrected chi connectivity index (χ4v) is 2.24. The van der Waals surface area contributed by atoms with Crippen molar-refractivity contribution in [3.05, 3.63) is 65.6 Å². The Balaban J connectivity index is 1.85. The average molecular weight is 360 g/mol. The first-order valence-corrected chi connectivity index (χ1v) is 7.67. The monoisotopic (exact) mass is 360 g/mol. The second kappa shape index (κ2) is 7.79. The van der Waals surface area contributed by atoms with Gasteiger partial charge in [0.1, 0.15) is 0 Å². The molecule has 0 fully saturated rings. The molecule has 0 unspecified atom stereocenters. The van der Waals surface area contributed by atoms with Gasteiger partial charge in [0.25, 0.3) is 5.91 Å². The van der Waals surface area contributed by atoms with E-state index in [1.54, 1.807) is 12.1 Å². The molecule has 0 atom stereocenters. The van der Waals surface area contributed by atoms with E-state index in [9.17, 15) is 9.59 Å². The van der Waals surface area contributed by atoms with Crippen LogP contribution in [0.3, 0.4) is 0 Å². The van der Waals surface area contributed by atoms with Crippen molar-refractivity contribution in [3.63, 3.8) is 0 Å². The van der Waals surface area contributed by atoms with Gasteiger partial charge in [0.15, 0.2) is 5.69 Å². The average Bonchev–Trinajstić information content (AvgIpc) is 2.73. The van der Waals surface area contributed by atoms with Gasteiger partial charge in [0.05, 0.1) is 48.1 Å². The molecule has 3 rings (SSSR count). The van der Waals surface area contributed by atoms with E-state index in [-0.39, 0.29) is 22.5 Å². The lowest BCUT2D eigenvalue weighted by Gasteiger charge is -2.10. The maximum absolute atomic E-state index is 12.5. The van der Waals surface area contributed by atoms with Crippen LogP contribution in [0.4, 0.5) is 5.69 Å². The van der Waals surface area contributed by atoms with E-state index in [2.05, 4.69) is 25.7 Å². The molecule has 0 saturated heterocycles. The number of nitriles is 1. The van der Waals surface area contributed by atoms with Crippen LogP contribution in [0.15, 0.2) is 48.8 Å². The van der Waals surface area contributed by atoms with Crippen LogP contribution in [0.25, 0.3) is 11.3 Å². The van der Waals surface area contributed by atoms with Crippen molar-refractivity contribution in [2.45, 2.75) is 0 Å². The highest BCUT2D eigenvalue weighted by Crippen LogP contribution is 2.20. The zero-order valence-corrected chi connectivity index (χ0v) is 14.1. The summed E-state index contributed by atoms with van der Waals surface area (Å²) in [5.41, 5.74) is 1.83. The molecule has 9 nitrogen and oxygen atoms in total. The van der Waals surface area contributed by atoms with E-state index in [1.807, 2.05) is 6.07 Å². The molecular weight excluding hydrogens is 348 g/mol. The van der Waals surface area contributed by atoms with Crippen LogP contribution < -0.4 is 5.32 Å². The Labute approximate surface area is 153 Å². The molecule has 0 aliphatic carbocycles. The third kappa shape index (κ3) is 3.91. The number of carbonyl (C=O) groups is 2. The molecule has 132 valence electrons. The summed E-state index contributed by atoms with van der Waals surface area (Å²) in [4.78, 5) is 24.3. The summed E-state index contributed by atoms with van der Waals surface area (Å²) in [6, 6.07) is 11.0. The highest BCUT2D eigenvalue weighted by atomic mass is 16.5. The smallest absolute Gasteiger partial charge is 0.339 e. The number of carbonyl (C=O) groups excluding carboxylic acids is 2. The van der Waals surface area contributed by atoms with Crippen molar-refractivity contribution in [1.29, 1.82) is 5.26 Å². The Morgan fingerprint density at radius 3 is 2.59 bits per heavy atom. The summed E-state index contributed by atoms with van der Waals surface area (Å²) >= 11 is 0. The number of benzene rings is 1. The molecule has 0 aliphatic rings. The van der Waals surface area contributed by atoms with Crippen LogP contribution >= 0.6 is 0 Å². The number of anilines is 1. The number of aromatic nitrogens is 4. The van der Waals surface area contributed by atoms with Gasteiger partial charge < -0.3 is 10.1 Å². The van der Waals surface area contributed by atoms with E-state index in [0.717, 1.165) is 0 Å². The van der Waals surface area contributed by atoms with Crippen LogP contribution in [0.2, 0.25) is 0 Å². The van der Waals surface area contributed by atoms with Crippen LogP contribution in [-0.4, -0.2) is 39.4 Å². The number of ether oxygens (including phenoxy) is 1. The third-order valence-electron chi connectivity index (χ3n) is 3.58. The summed E-state index contributed by atoms with van der Waals surface area (Å²) in [7, 11) is 1.23. The summed E-state index contributed by atoms with van der Waals surface area (Å²) in [6.45, 7) is 0. The Hall–Kier alpha value is -4.19. The number of hydrogen-bond acceptors (Lipinski definition) is 8. The number of amides is 1. The molecule has 1 N–H and O–H groups in total. The van der Waals surface area contributed by atoms with E-state index >= 15 is 0 Å². The fraction of sp³-hybridized carbons (Fsp3) is 0.0556. The highest BCUT2D eigenvalue weighted by Gasteiger charge is 2.17. The molecule has 2 heterocycles. The molecule has 0 radical (unpaired) electrons. The second-order valence-electron chi connectivity index (χ2n) is 5.25. The van der Waals surface area contributed by atoms with Crippen molar-refractivity contribution >= 4 is 17.6 Å². The molecule has 0 aliphatic heterocycles. The highest BCUT2D eigenvalue weighted by molar-refractivity contribution is 6.07. The predicted octanol–water partition coefficient (Wildman–Crippen LogP) is 1.84. The summed E-state index contributed by atoms with van der Waals surface area (Å²) < 4.78 is 4.69. The molecule has 0 spiro atoms. The van der Waals surface area contributed by atoms with E-state index in [1.165, 1.54) is 43.8 Å². The minimum atomic E-state index is -0.638. The van der Waals surface area contributed by atoms with Crippen molar-refractivity contribution in [2.75, 3.05) is 12.4 Å². The molecule has 0 saturated carbocycles. The summed E-state index contributed by atoms with van der Waals surface area (Å²) in [5.74, 6) is -1.22. The molecule has 3 aromatic rings. The van der Waals surface area contributed by atoms with Crippen molar-refractivity contribution in [1.82, 2.24) is 20.4 Å². The first kappa shape index (κ1) is 17.6. The molecule has 0 bridgehead atoms. The fourth-order valence-electron chi connectivity index (χ4n) is 2.24. The number of rotatable bonds is 4. The Bertz CT molecular complexity index is 1030. The minimum Gasteiger partial charge on any atom is -0.465 e.